The van der Waals surface area contributed by atoms with E-state index in [0.29, 0.717) is 12.0 Å². The van der Waals surface area contributed by atoms with Crippen molar-refractivity contribution in [2.45, 2.75) is 39.2 Å². The molecule has 1 heterocycles. The monoisotopic (exact) mass is 251 g/mol. The quantitative estimate of drug-likeness (QED) is 0.806. The maximum absolute atomic E-state index is 3.64. The van der Waals surface area contributed by atoms with E-state index in [0.717, 1.165) is 6.42 Å². The summed E-state index contributed by atoms with van der Waals surface area (Å²) in [4.78, 5) is 0. The number of hydrogen-bond acceptors (Lipinski definition) is 1. The molecule has 1 aliphatic heterocycles. The highest BCUT2D eigenvalue weighted by Crippen LogP contribution is 2.35. The maximum atomic E-state index is 3.64. The van der Waals surface area contributed by atoms with Crippen LogP contribution in [-0.2, 0) is 6.42 Å². The fourth-order valence-corrected chi connectivity index (χ4v) is 2.74. The van der Waals surface area contributed by atoms with Crippen LogP contribution in [0.3, 0.4) is 0 Å². The second kappa shape index (κ2) is 4.73. The number of aryl methyl sites for hydroxylation is 1. The average molecular weight is 251 g/mol. The van der Waals surface area contributed by atoms with Gasteiger partial charge in [-0.2, -0.15) is 0 Å². The predicted octanol–water partition coefficient (Wildman–Crippen LogP) is 4.83. The van der Waals surface area contributed by atoms with Gasteiger partial charge in [0.2, 0.25) is 0 Å². The Bertz CT molecular complexity index is 581. The molecule has 98 valence electrons. The first kappa shape index (κ1) is 12.3. The summed E-state index contributed by atoms with van der Waals surface area (Å²) in [7, 11) is 0. The van der Waals surface area contributed by atoms with Gasteiger partial charge in [0.15, 0.2) is 0 Å². The lowest BCUT2D eigenvalue weighted by molar-refractivity contribution is 0.819. The van der Waals surface area contributed by atoms with Crippen LogP contribution in [0.15, 0.2) is 42.5 Å². The molecule has 0 bridgehead atoms. The molecule has 0 radical (unpaired) electrons. The van der Waals surface area contributed by atoms with Gasteiger partial charge in [0.25, 0.3) is 0 Å². The SMILES string of the molecule is Cc1ccc(C2Cc3cc(C(C)C)ccc3N2)cc1. The first-order valence-electron chi connectivity index (χ1n) is 7.09. The third-order valence-electron chi connectivity index (χ3n) is 4.03. The van der Waals surface area contributed by atoms with E-state index >= 15 is 0 Å². The van der Waals surface area contributed by atoms with Crippen LogP contribution in [0.25, 0.3) is 0 Å². The van der Waals surface area contributed by atoms with Crippen molar-refractivity contribution in [1.29, 1.82) is 0 Å². The minimum atomic E-state index is 0.429. The third-order valence-corrected chi connectivity index (χ3v) is 4.03. The Balaban J connectivity index is 1.85. The van der Waals surface area contributed by atoms with E-state index in [1.165, 1.54) is 27.9 Å². The molecule has 0 spiro atoms. The normalized spacial score (nSPS) is 17.4. The van der Waals surface area contributed by atoms with E-state index in [1.54, 1.807) is 0 Å². The zero-order valence-corrected chi connectivity index (χ0v) is 11.9. The van der Waals surface area contributed by atoms with Crippen LogP contribution in [0.2, 0.25) is 0 Å². The summed E-state index contributed by atoms with van der Waals surface area (Å²) >= 11 is 0. The van der Waals surface area contributed by atoms with Gasteiger partial charge in [-0.1, -0.05) is 55.8 Å². The molecule has 0 fully saturated rings. The highest BCUT2D eigenvalue weighted by molar-refractivity contribution is 5.59. The fourth-order valence-electron chi connectivity index (χ4n) is 2.74. The highest BCUT2D eigenvalue weighted by Gasteiger charge is 2.22. The summed E-state index contributed by atoms with van der Waals surface area (Å²) < 4.78 is 0. The van der Waals surface area contributed by atoms with Gasteiger partial charge in [0.1, 0.15) is 0 Å². The summed E-state index contributed by atoms with van der Waals surface area (Å²) in [5.41, 5.74) is 6.89. The molecule has 1 nitrogen and oxygen atoms in total. The number of fused-ring (bicyclic) bond motifs is 1. The summed E-state index contributed by atoms with van der Waals surface area (Å²) in [6, 6.07) is 16.1. The van der Waals surface area contributed by atoms with Crippen LogP contribution in [-0.4, -0.2) is 0 Å². The van der Waals surface area contributed by atoms with E-state index in [9.17, 15) is 0 Å². The van der Waals surface area contributed by atoms with Gasteiger partial charge in [0.05, 0.1) is 6.04 Å². The van der Waals surface area contributed by atoms with Crippen molar-refractivity contribution >= 4 is 5.69 Å². The lowest BCUT2D eigenvalue weighted by atomic mass is 9.97. The molecule has 0 saturated carbocycles. The Hall–Kier alpha value is -1.76. The zero-order chi connectivity index (χ0) is 13.4. The molecule has 0 saturated heterocycles. The summed E-state index contributed by atoms with van der Waals surface area (Å²) in [5, 5.41) is 3.64. The molecule has 0 aliphatic carbocycles. The van der Waals surface area contributed by atoms with E-state index in [-0.39, 0.29) is 0 Å². The molecule has 1 unspecified atom stereocenters. The number of rotatable bonds is 2. The minimum absolute atomic E-state index is 0.429. The smallest absolute Gasteiger partial charge is 0.0555 e. The van der Waals surface area contributed by atoms with Crippen molar-refractivity contribution in [2.75, 3.05) is 5.32 Å². The number of benzene rings is 2. The number of nitrogens with one attached hydrogen (secondary N) is 1. The summed E-state index contributed by atoms with van der Waals surface area (Å²) in [5.74, 6) is 0.601. The van der Waals surface area contributed by atoms with Crippen molar-refractivity contribution < 1.29 is 0 Å². The Morgan fingerprint density at radius 3 is 2.47 bits per heavy atom. The first-order chi connectivity index (χ1) is 9.13. The molecule has 1 atom stereocenters. The average Bonchev–Trinajstić information content (AvgIpc) is 2.82. The summed E-state index contributed by atoms with van der Waals surface area (Å²) in [6.45, 7) is 6.64. The van der Waals surface area contributed by atoms with Gasteiger partial charge in [-0.15, -0.1) is 0 Å². The van der Waals surface area contributed by atoms with Crippen molar-refractivity contribution in [1.82, 2.24) is 0 Å². The predicted molar refractivity (Wildman–Crippen MR) is 81.8 cm³/mol. The van der Waals surface area contributed by atoms with E-state index in [1.807, 2.05) is 0 Å². The van der Waals surface area contributed by atoms with Gasteiger partial charge < -0.3 is 5.32 Å². The second-order valence-electron chi connectivity index (χ2n) is 5.88. The number of hydrogen-bond donors (Lipinski definition) is 1. The maximum Gasteiger partial charge on any atom is 0.0555 e. The van der Waals surface area contributed by atoms with Crippen LogP contribution in [0.1, 0.15) is 48.1 Å². The lowest BCUT2D eigenvalue weighted by Crippen LogP contribution is -2.05. The Morgan fingerprint density at radius 2 is 1.79 bits per heavy atom. The molecular weight excluding hydrogens is 230 g/mol. The third kappa shape index (κ3) is 2.37. The molecule has 2 aromatic rings. The van der Waals surface area contributed by atoms with E-state index in [2.05, 4.69) is 68.6 Å². The fraction of sp³-hybridized carbons (Fsp3) is 0.333. The molecule has 1 aliphatic rings. The van der Waals surface area contributed by atoms with Gasteiger partial charge in [-0.05, 0) is 42.0 Å². The second-order valence-corrected chi connectivity index (χ2v) is 5.88. The van der Waals surface area contributed by atoms with Crippen molar-refractivity contribution in [3.63, 3.8) is 0 Å². The first-order valence-corrected chi connectivity index (χ1v) is 7.09. The van der Waals surface area contributed by atoms with Gasteiger partial charge in [-0.3, -0.25) is 0 Å². The van der Waals surface area contributed by atoms with Gasteiger partial charge >= 0.3 is 0 Å². The van der Waals surface area contributed by atoms with E-state index < -0.39 is 0 Å². The molecule has 3 rings (SSSR count). The molecule has 0 amide bonds. The molecule has 1 N–H and O–H groups in total. The van der Waals surface area contributed by atoms with Crippen molar-refractivity contribution in [3.05, 3.63) is 64.7 Å². The van der Waals surface area contributed by atoms with Crippen molar-refractivity contribution in [2.24, 2.45) is 0 Å². The van der Waals surface area contributed by atoms with Crippen LogP contribution >= 0.6 is 0 Å². The van der Waals surface area contributed by atoms with E-state index in [4.69, 9.17) is 0 Å². The highest BCUT2D eigenvalue weighted by atomic mass is 14.9. The van der Waals surface area contributed by atoms with Crippen LogP contribution in [0.5, 0.6) is 0 Å². The number of anilines is 1. The summed E-state index contributed by atoms with van der Waals surface area (Å²) in [6.07, 6.45) is 1.10. The minimum Gasteiger partial charge on any atom is -0.378 e. The Kier molecular flexibility index (Phi) is 3.06. The Labute approximate surface area is 115 Å². The lowest BCUT2D eigenvalue weighted by Gasteiger charge is -2.11. The Morgan fingerprint density at radius 1 is 1.05 bits per heavy atom. The van der Waals surface area contributed by atoms with Crippen LogP contribution in [0.4, 0.5) is 5.69 Å². The molecule has 19 heavy (non-hydrogen) atoms. The zero-order valence-electron chi connectivity index (χ0n) is 11.9. The molecule has 0 aromatic heterocycles. The standard InChI is InChI=1S/C18H21N/c1-12(2)15-8-9-17-16(10-15)11-18(19-17)14-6-4-13(3)5-7-14/h4-10,12,18-19H,11H2,1-3H3. The van der Waals surface area contributed by atoms with Gasteiger partial charge in [0, 0.05) is 5.69 Å². The molecular formula is C18H21N. The molecule has 1 heteroatoms. The molecule has 2 aromatic carbocycles. The van der Waals surface area contributed by atoms with Crippen molar-refractivity contribution in [3.8, 4) is 0 Å². The van der Waals surface area contributed by atoms with Gasteiger partial charge in [-0.25, -0.2) is 0 Å². The topological polar surface area (TPSA) is 12.0 Å². The van der Waals surface area contributed by atoms with Crippen LogP contribution < -0.4 is 5.32 Å². The van der Waals surface area contributed by atoms with Crippen LogP contribution in [0, 0.1) is 6.92 Å². The largest absolute Gasteiger partial charge is 0.378 e.